The van der Waals surface area contributed by atoms with E-state index in [0.717, 1.165) is 5.56 Å². The summed E-state index contributed by atoms with van der Waals surface area (Å²) in [6, 6.07) is 19.2. The molecule has 2 aliphatic heterocycles. The molecule has 0 aromatic heterocycles. The fraction of sp³-hybridized carbons (Fsp3) is 0.312. The minimum atomic E-state index is -3.33. The smallest absolute Gasteiger partial charge is 0.335 e. The van der Waals surface area contributed by atoms with Crippen LogP contribution in [0.15, 0.2) is 78.0 Å². The van der Waals surface area contributed by atoms with Crippen LogP contribution in [0.1, 0.15) is 43.8 Å². The van der Waals surface area contributed by atoms with Crippen LogP contribution < -0.4 is 11.1 Å². The second-order valence-corrected chi connectivity index (χ2v) is 13.4. The van der Waals surface area contributed by atoms with Crippen molar-refractivity contribution in [1.82, 2.24) is 14.1 Å². The van der Waals surface area contributed by atoms with E-state index < -0.39 is 27.9 Å². The van der Waals surface area contributed by atoms with Crippen molar-refractivity contribution in [2.24, 2.45) is 10.9 Å². The van der Waals surface area contributed by atoms with E-state index in [4.69, 9.17) is 10.9 Å². The van der Waals surface area contributed by atoms with Crippen LogP contribution in [0.4, 0.5) is 5.69 Å². The number of aromatic carboxylic acids is 1. The standard InChI is InChI=1S/C32H36N6O7S/c1-46(44,45)37-15-13-36(14-16-37)26-19-28(38(20-26)31(40)23-9-7-22(8-10-23)29(33)35-43)30(39)34-25-11-12-27(32(41)42)24(18-25)17-21-5-3-2-4-6-21/h2-12,18,26,28,43H,13-17,19-20H2,1H3,(H2,33,35)(H,34,39)(H,41,42)/t26-,28-/m0/s1. The summed E-state index contributed by atoms with van der Waals surface area (Å²) in [4.78, 5) is 43.2. The van der Waals surface area contributed by atoms with Crippen LogP contribution in [0.2, 0.25) is 0 Å². The second-order valence-electron chi connectivity index (χ2n) is 11.5. The molecule has 14 heteroatoms. The molecule has 3 aromatic rings. The molecular weight excluding hydrogens is 612 g/mol. The molecule has 2 heterocycles. The van der Waals surface area contributed by atoms with Gasteiger partial charge in [0.25, 0.3) is 5.91 Å². The predicted molar refractivity (Wildman–Crippen MR) is 171 cm³/mol. The van der Waals surface area contributed by atoms with Gasteiger partial charge < -0.3 is 26.3 Å². The van der Waals surface area contributed by atoms with Gasteiger partial charge in [0.1, 0.15) is 6.04 Å². The number of carboxylic acids is 1. The van der Waals surface area contributed by atoms with Crippen LogP contribution in [0.25, 0.3) is 0 Å². The number of nitrogens with two attached hydrogens (primary N) is 1. The third-order valence-electron chi connectivity index (χ3n) is 8.48. The van der Waals surface area contributed by atoms with Gasteiger partial charge in [-0.15, -0.1) is 0 Å². The van der Waals surface area contributed by atoms with Crippen LogP contribution >= 0.6 is 0 Å². The molecule has 5 N–H and O–H groups in total. The number of oxime groups is 1. The maximum Gasteiger partial charge on any atom is 0.335 e. The summed E-state index contributed by atoms with van der Waals surface area (Å²) in [5, 5.41) is 24.6. The molecule has 242 valence electrons. The highest BCUT2D eigenvalue weighted by Crippen LogP contribution is 2.28. The van der Waals surface area contributed by atoms with E-state index >= 15 is 0 Å². The lowest BCUT2D eigenvalue weighted by Crippen LogP contribution is -2.52. The van der Waals surface area contributed by atoms with Crippen molar-refractivity contribution in [2.75, 3.05) is 44.3 Å². The number of carboxylic acid groups (broad SMARTS) is 1. The van der Waals surface area contributed by atoms with Crippen molar-refractivity contribution in [1.29, 1.82) is 0 Å². The molecule has 3 aromatic carbocycles. The van der Waals surface area contributed by atoms with E-state index in [1.165, 1.54) is 27.6 Å². The number of likely N-dealkylation sites (tertiary alicyclic amines) is 1. The van der Waals surface area contributed by atoms with Crippen molar-refractivity contribution in [3.63, 3.8) is 0 Å². The van der Waals surface area contributed by atoms with Gasteiger partial charge in [-0.25, -0.2) is 13.2 Å². The van der Waals surface area contributed by atoms with Crippen molar-refractivity contribution < 1.29 is 33.1 Å². The Morgan fingerprint density at radius 2 is 1.61 bits per heavy atom. The Morgan fingerprint density at radius 3 is 2.22 bits per heavy atom. The number of hydrogen-bond donors (Lipinski definition) is 4. The summed E-state index contributed by atoms with van der Waals surface area (Å²) in [7, 11) is -3.33. The Hall–Kier alpha value is -4.79. The second kappa shape index (κ2) is 13.7. The number of sulfonamides is 1. The molecular formula is C32H36N6O7S. The SMILES string of the molecule is CS(=O)(=O)N1CCN([C@H]2C[C@@H](C(=O)Nc3ccc(C(=O)O)c(Cc4ccccc4)c3)N(C(=O)c3ccc(/C(N)=N\O)cc3)C2)CC1. The normalized spacial score (nSPS) is 19.6. The first-order valence-electron chi connectivity index (χ1n) is 14.7. The summed E-state index contributed by atoms with van der Waals surface area (Å²) in [6.45, 7) is 1.80. The third kappa shape index (κ3) is 7.36. The maximum absolute atomic E-state index is 13.9. The molecule has 2 saturated heterocycles. The molecule has 0 saturated carbocycles. The molecule has 2 amide bonds. The zero-order valence-electron chi connectivity index (χ0n) is 25.2. The lowest BCUT2D eigenvalue weighted by Gasteiger charge is -2.36. The van der Waals surface area contributed by atoms with Gasteiger partial charge in [-0.05, 0) is 54.3 Å². The Kier molecular flexibility index (Phi) is 9.70. The van der Waals surface area contributed by atoms with Crippen molar-refractivity contribution >= 4 is 39.3 Å². The molecule has 2 fully saturated rings. The van der Waals surface area contributed by atoms with Gasteiger partial charge in [-0.2, -0.15) is 4.31 Å². The van der Waals surface area contributed by atoms with Crippen LogP contribution in [-0.2, 0) is 21.2 Å². The number of rotatable bonds is 9. The number of nitrogens with zero attached hydrogens (tertiary/aromatic N) is 4. The summed E-state index contributed by atoms with van der Waals surface area (Å²) >= 11 is 0. The predicted octanol–water partition coefficient (Wildman–Crippen LogP) is 1.87. The molecule has 5 rings (SSSR count). The van der Waals surface area contributed by atoms with E-state index in [2.05, 4.69) is 15.4 Å². The molecule has 46 heavy (non-hydrogen) atoms. The number of amidine groups is 1. The average Bonchev–Trinajstić information content (AvgIpc) is 3.50. The molecule has 0 bridgehead atoms. The number of benzene rings is 3. The molecule has 2 aliphatic rings. The highest BCUT2D eigenvalue weighted by atomic mass is 32.2. The Balaban J connectivity index is 1.39. The number of amides is 2. The Bertz CT molecular complexity index is 1740. The number of anilines is 1. The minimum absolute atomic E-state index is 0.105. The van der Waals surface area contributed by atoms with E-state index in [9.17, 15) is 27.9 Å². The number of hydrogen-bond acceptors (Lipinski definition) is 8. The van der Waals surface area contributed by atoms with Gasteiger partial charge in [-0.1, -0.05) is 47.6 Å². The molecule has 13 nitrogen and oxygen atoms in total. The van der Waals surface area contributed by atoms with E-state index in [1.807, 2.05) is 30.3 Å². The summed E-state index contributed by atoms with van der Waals surface area (Å²) < 4.78 is 25.5. The minimum Gasteiger partial charge on any atom is -0.478 e. The van der Waals surface area contributed by atoms with Crippen LogP contribution in [0, 0.1) is 0 Å². The molecule has 0 spiro atoms. The topological polar surface area (TPSA) is 186 Å². The van der Waals surface area contributed by atoms with Crippen LogP contribution in [0.3, 0.4) is 0 Å². The first kappa shape index (κ1) is 32.6. The first-order chi connectivity index (χ1) is 21.9. The zero-order valence-corrected chi connectivity index (χ0v) is 26.1. The molecule has 2 atom stereocenters. The van der Waals surface area contributed by atoms with E-state index in [-0.39, 0.29) is 29.9 Å². The monoisotopic (exact) mass is 648 g/mol. The summed E-state index contributed by atoms with van der Waals surface area (Å²) in [6.07, 6.45) is 1.85. The van der Waals surface area contributed by atoms with Crippen LogP contribution in [0.5, 0.6) is 0 Å². The molecule has 0 unspecified atom stereocenters. The van der Waals surface area contributed by atoms with Gasteiger partial charge in [0.2, 0.25) is 15.9 Å². The number of carbonyl (C=O) groups is 3. The average molecular weight is 649 g/mol. The molecule has 0 aliphatic carbocycles. The van der Waals surface area contributed by atoms with Gasteiger partial charge >= 0.3 is 5.97 Å². The fourth-order valence-corrected chi connectivity index (χ4v) is 6.85. The van der Waals surface area contributed by atoms with Crippen molar-refractivity contribution in [3.05, 3.63) is 101 Å². The zero-order chi connectivity index (χ0) is 33.0. The summed E-state index contributed by atoms with van der Waals surface area (Å²) in [5.74, 6) is -1.98. The Labute approximate surface area is 266 Å². The fourth-order valence-electron chi connectivity index (χ4n) is 6.03. The van der Waals surface area contributed by atoms with Crippen molar-refractivity contribution in [2.45, 2.75) is 24.9 Å². The number of piperazine rings is 1. The van der Waals surface area contributed by atoms with Crippen LogP contribution in [-0.4, -0.2) is 108 Å². The van der Waals surface area contributed by atoms with Crippen molar-refractivity contribution in [3.8, 4) is 0 Å². The lowest BCUT2D eigenvalue weighted by molar-refractivity contribution is -0.119. The lowest BCUT2D eigenvalue weighted by atomic mass is 9.99. The third-order valence-corrected chi connectivity index (χ3v) is 9.78. The first-order valence-corrected chi connectivity index (χ1v) is 16.6. The summed E-state index contributed by atoms with van der Waals surface area (Å²) in [5.41, 5.74) is 8.38. The maximum atomic E-state index is 13.9. The highest BCUT2D eigenvalue weighted by molar-refractivity contribution is 7.88. The van der Waals surface area contributed by atoms with Gasteiger partial charge in [-0.3, -0.25) is 14.5 Å². The highest BCUT2D eigenvalue weighted by Gasteiger charge is 2.43. The number of carbonyl (C=O) groups excluding carboxylic acids is 2. The largest absolute Gasteiger partial charge is 0.478 e. The van der Waals surface area contributed by atoms with E-state index in [1.54, 1.807) is 30.3 Å². The van der Waals surface area contributed by atoms with E-state index in [0.29, 0.717) is 61.4 Å². The Morgan fingerprint density at radius 1 is 0.957 bits per heavy atom. The van der Waals surface area contributed by atoms with Gasteiger partial charge in [0.05, 0.1) is 11.8 Å². The quantitative estimate of drug-likeness (QED) is 0.116. The van der Waals surface area contributed by atoms with Gasteiger partial charge in [0.15, 0.2) is 5.84 Å². The number of nitrogens with one attached hydrogen (secondary N) is 1. The van der Waals surface area contributed by atoms with Gasteiger partial charge in [0, 0.05) is 55.6 Å². The molecule has 0 radical (unpaired) electrons.